The molecule has 1 aliphatic heterocycles. The first-order valence-electron chi connectivity index (χ1n) is 12.9. The number of ether oxygens (including phenoxy) is 1. The number of hydrogen-bond donors (Lipinski definition) is 1. The molecular formula is C29H28N6O3. The number of carbonyl (C=O) groups is 1. The number of anilines is 1. The van der Waals surface area contributed by atoms with Gasteiger partial charge in [-0.15, -0.1) is 0 Å². The van der Waals surface area contributed by atoms with E-state index in [1.54, 1.807) is 24.1 Å². The lowest BCUT2D eigenvalue weighted by atomic mass is 9.78. The second-order valence-corrected chi connectivity index (χ2v) is 10.0. The third-order valence-electron chi connectivity index (χ3n) is 7.76. The highest BCUT2D eigenvalue weighted by molar-refractivity contribution is 6.00. The fourth-order valence-electron chi connectivity index (χ4n) is 5.47. The van der Waals surface area contributed by atoms with Gasteiger partial charge in [0.2, 0.25) is 0 Å². The van der Waals surface area contributed by atoms with Gasteiger partial charge in [0.05, 0.1) is 28.9 Å². The van der Waals surface area contributed by atoms with Crippen LogP contribution in [0.25, 0.3) is 27.8 Å². The number of pyridine rings is 2. The average Bonchev–Trinajstić information content (AvgIpc) is 3.32. The summed E-state index contributed by atoms with van der Waals surface area (Å²) in [6.07, 6.45) is 5.37. The predicted octanol–water partition coefficient (Wildman–Crippen LogP) is 4.81. The van der Waals surface area contributed by atoms with Crippen LogP contribution in [0, 0.1) is 17.2 Å². The number of nitriles is 1. The fraction of sp³-hybridized carbons (Fsp3) is 0.345. The summed E-state index contributed by atoms with van der Waals surface area (Å²) >= 11 is 0. The van der Waals surface area contributed by atoms with Gasteiger partial charge in [0.15, 0.2) is 11.3 Å². The minimum absolute atomic E-state index is 0.0397. The Morgan fingerprint density at radius 2 is 1.89 bits per heavy atom. The van der Waals surface area contributed by atoms with Crippen molar-refractivity contribution in [3.63, 3.8) is 0 Å². The van der Waals surface area contributed by atoms with Crippen molar-refractivity contribution < 1.29 is 14.6 Å². The minimum Gasteiger partial charge on any atom is -0.477 e. The Labute approximate surface area is 220 Å². The van der Waals surface area contributed by atoms with Crippen molar-refractivity contribution in [2.24, 2.45) is 5.92 Å². The highest BCUT2D eigenvalue weighted by Gasteiger charge is 2.35. The lowest BCUT2D eigenvalue weighted by molar-refractivity contribution is 0.0250. The summed E-state index contributed by atoms with van der Waals surface area (Å²) in [7, 11) is 1.73. The minimum atomic E-state index is -1.09. The lowest BCUT2D eigenvalue weighted by Gasteiger charge is -2.33. The molecule has 6 rings (SSSR count). The van der Waals surface area contributed by atoms with Gasteiger partial charge in [-0.2, -0.15) is 10.4 Å². The number of para-hydroxylation sites is 1. The van der Waals surface area contributed by atoms with Crippen molar-refractivity contribution in [2.75, 3.05) is 25.1 Å². The first-order valence-corrected chi connectivity index (χ1v) is 12.9. The Balaban J connectivity index is 1.47. The lowest BCUT2D eigenvalue weighted by Crippen LogP contribution is -2.33. The quantitative estimate of drug-likeness (QED) is 0.394. The van der Waals surface area contributed by atoms with Gasteiger partial charge in [-0.05, 0) is 61.6 Å². The smallest absolute Gasteiger partial charge is 0.354 e. The normalized spacial score (nSPS) is 19.7. The molecule has 0 bridgehead atoms. The molecule has 1 saturated carbocycles. The molecule has 0 radical (unpaired) electrons. The van der Waals surface area contributed by atoms with Gasteiger partial charge in [0.1, 0.15) is 5.82 Å². The molecule has 4 aromatic rings. The van der Waals surface area contributed by atoms with Crippen LogP contribution in [0.2, 0.25) is 0 Å². The van der Waals surface area contributed by atoms with Crippen molar-refractivity contribution in [3.8, 4) is 22.9 Å². The van der Waals surface area contributed by atoms with E-state index in [0.717, 1.165) is 72.5 Å². The molecule has 0 atom stereocenters. The van der Waals surface area contributed by atoms with Gasteiger partial charge in [0, 0.05) is 43.8 Å². The van der Waals surface area contributed by atoms with Crippen LogP contribution in [0.15, 0.2) is 54.7 Å². The molecule has 0 unspecified atom stereocenters. The van der Waals surface area contributed by atoms with Gasteiger partial charge in [-0.3, -0.25) is 0 Å². The molecule has 1 N–H and O–H groups in total. The number of benzene rings is 1. The van der Waals surface area contributed by atoms with E-state index in [2.05, 4.69) is 16.0 Å². The molecule has 4 heterocycles. The topological polar surface area (TPSA) is 117 Å². The van der Waals surface area contributed by atoms with Crippen LogP contribution < -0.4 is 4.90 Å². The second kappa shape index (κ2) is 9.88. The summed E-state index contributed by atoms with van der Waals surface area (Å²) < 4.78 is 7.28. The third kappa shape index (κ3) is 4.27. The molecule has 1 saturated heterocycles. The zero-order valence-corrected chi connectivity index (χ0v) is 21.1. The SMILES string of the molecule is CO[C@H]1C[C@H](c2nn(-c3ccccc3)c3nc(C(=O)O)cc(-c4ccc(N5CCC(C#N)CC5)nc4)c32)C1. The summed E-state index contributed by atoms with van der Waals surface area (Å²) in [5.41, 5.74) is 3.77. The maximum absolute atomic E-state index is 12.1. The number of rotatable bonds is 6. The molecule has 0 spiro atoms. The van der Waals surface area contributed by atoms with Crippen LogP contribution in [0.1, 0.15) is 47.8 Å². The van der Waals surface area contributed by atoms with E-state index in [-0.39, 0.29) is 23.6 Å². The number of methoxy groups -OCH3 is 1. The van der Waals surface area contributed by atoms with E-state index in [0.29, 0.717) is 5.65 Å². The molecule has 3 aromatic heterocycles. The van der Waals surface area contributed by atoms with Crippen molar-refractivity contribution in [1.82, 2.24) is 19.7 Å². The highest BCUT2D eigenvalue weighted by atomic mass is 16.5. The zero-order valence-electron chi connectivity index (χ0n) is 21.1. The number of hydrogen-bond acceptors (Lipinski definition) is 7. The molecule has 1 aliphatic carbocycles. The molecule has 9 nitrogen and oxygen atoms in total. The number of aromatic nitrogens is 4. The first-order chi connectivity index (χ1) is 18.6. The summed E-state index contributed by atoms with van der Waals surface area (Å²) in [5.74, 6) is 0.0609. The van der Waals surface area contributed by atoms with Crippen LogP contribution in [-0.2, 0) is 4.74 Å². The van der Waals surface area contributed by atoms with E-state index >= 15 is 0 Å². The van der Waals surface area contributed by atoms with Crippen molar-refractivity contribution in [1.29, 1.82) is 5.26 Å². The van der Waals surface area contributed by atoms with E-state index in [1.807, 2.05) is 42.5 Å². The Morgan fingerprint density at radius 3 is 2.53 bits per heavy atom. The molecule has 2 fully saturated rings. The number of nitrogens with zero attached hydrogens (tertiary/aromatic N) is 6. The van der Waals surface area contributed by atoms with E-state index in [4.69, 9.17) is 14.8 Å². The summed E-state index contributed by atoms with van der Waals surface area (Å²) in [6, 6.07) is 17.6. The number of carboxylic acid groups (broad SMARTS) is 1. The van der Waals surface area contributed by atoms with Crippen LogP contribution in [0.4, 0.5) is 5.82 Å². The fourth-order valence-corrected chi connectivity index (χ4v) is 5.47. The van der Waals surface area contributed by atoms with Crippen molar-refractivity contribution in [2.45, 2.75) is 37.7 Å². The maximum Gasteiger partial charge on any atom is 0.354 e. The molecule has 1 aromatic carbocycles. The Bertz CT molecular complexity index is 1510. The Hall–Kier alpha value is -4.29. The van der Waals surface area contributed by atoms with Crippen molar-refractivity contribution in [3.05, 3.63) is 66.1 Å². The van der Waals surface area contributed by atoms with Crippen LogP contribution in [-0.4, -0.2) is 57.1 Å². The van der Waals surface area contributed by atoms with Crippen LogP contribution >= 0.6 is 0 Å². The van der Waals surface area contributed by atoms with Gasteiger partial charge in [-0.1, -0.05) is 18.2 Å². The summed E-state index contributed by atoms with van der Waals surface area (Å²) in [5, 5.41) is 25.0. The van der Waals surface area contributed by atoms with Gasteiger partial charge >= 0.3 is 5.97 Å². The van der Waals surface area contributed by atoms with Gasteiger partial charge in [0.25, 0.3) is 0 Å². The number of fused-ring (bicyclic) bond motifs is 1. The van der Waals surface area contributed by atoms with E-state index in [9.17, 15) is 15.2 Å². The maximum atomic E-state index is 12.1. The number of piperidine rings is 1. The molecular weight excluding hydrogens is 480 g/mol. The molecule has 38 heavy (non-hydrogen) atoms. The number of carboxylic acids is 1. The van der Waals surface area contributed by atoms with Crippen LogP contribution in [0.3, 0.4) is 0 Å². The highest BCUT2D eigenvalue weighted by Crippen LogP contribution is 2.44. The summed E-state index contributed by atoms with van der Waals surface area (Å²) in [4.78, 5) is 23.6. The van der Waals surface area contributed by atoms with E-state index < -0.39 is 5.97 Å². The molecule has 192 valence electrons. The first kappa shape index (κ1) is 24.1. The van der Waals surface area contributed by atoms with Gasteiger partial charge in [-0.25, -0.2) is 19.4 Å². The predicted molar refractivity (Wildman–Crippen MR) is 142 cm³/mol. The monoisotopic (exact) mass is 508 g/mol. The molecule has 0 amide bonds. The summed E-state index contributed by atoms with van der Waals surface area (Å²) in [6.45, 7) is 1.59. The third-order valence-corrected chi connectivity index (χ3v) is 7.76. The zero-order chi connectivity index (χ0) is 26.2. The van der Waals surface area contributed by atoms with Gasteiger partial charge < -0.3 is 14.7 Å². The van der Waals surface area contributed by atoms with E-state index in [1.165, 1.54) is 0 Å². The van der Waals surface area contributed by atoms with Crippen molar-refractivity contribution >= 4 is 22.8 Å². The van der Waals surface area contributed by atoms with Crippen LogP contribution in [0.5, 0.6) is 0 Å². The Morgan fingerprint density at radius 1 is 1.13 bits per heavy atom. The second-order valence-electron chi connectivity index (χ2n) is 10.0. The largest absolute Gasteiger partial charge is 0.477 e. The standard InChI is InChI=1S/C29H28N6O3/c1-38-22-13-20(14-22)27-26-23(19-7-8-25(31-17-19)34-11-9-18(16-30)10-12-34)15-24(29(36)37)32-28(26)35(33-27)21-5-3-2-4-6-21/h2-8,15,17-18,20,22H,9-14H2,1H3,(H,36,37)/t20-,22-. The number of aromatic carboxylic acids is 1. The molecule has 9 heteroatoms. The Kier molecular flexibility index (Phi) is 6.26. The molecule has 2 aliphatic rings. The average molecular weight is 509 g/mol.